The van der Waals surface area contributed by atoms with Gasteiger partial charge in [0.15, 0.2) is 0 Å². The summed E-state index contributed by atoms with van der Waals surface area (Å²) in [6.07, 6.45) is 0. The third-order valence-electron chi connectivity index (χ3n) is 0.667. The SMILES string of the molecule is O.O=CO.c1ccccc1. The molecule has 1 rings (SSSR count). The summed E-state index contributed by atoms with van der Waals surface area (Å²) in [5, 5.41) is 6.89. The Hall–Kier alpha value is -1.35. The third kappa shape index (κ3) is 9.82. The van der Waals surface area contributed by atoms with Gasteiger partial charge in [-0.25, -0.2) is 0 Å². The number of rotatable bonds is 0. The summed E-state index contributed by atoms with van der Waals surface area (Å²) in [5.41, 5.74) is 0. The van der Waals surface area contributed by atoms with Gasteiger partial charge in [0.25, 0.3) is 6.47 Å². The van der Waals surface area contributed by atoms with Gasteiger partial charge < -0.3 is 10.6 Å². The van der Waals surface area contributed by atoms with Crippen LogP contribution in [0.25, 0.3) is 0 Å². The van der Waals surface area contributed by atoms with Gasteiger partial charge in [0.2, 0.25) is 0 Å². The molecule has 0 atom stereocenters. The standard InChI is InChI=1S/C6H6.CH2O2.H2O/c1-2-4-6-5-3-1;2-1-3;/h1-6H;1H,(H,2,3);1H2. The number of hydrogen-bond donors (Lipinski definition) is 1. The summed E-state index contributed by atoms with van der Waals surface area (Å²) >= 11 is 0. The zero-order valence-corrected chi connectivity index (χ0v) is 5.40. The van der Waals surface area contributed by atoms with Crippen molar-refractivity contribution in [3.05, 3.63) is 36.4 Å². The second kappa shape index (κ2) is 10.6. The van der Waals surface area contributed by atoms with Crippen LogP contribution in [0.3, 0.4) is 0 Å². The van der Waals surface area contributed by atoms with E-state index in [1.807, 2.05) is 36.4 Å². The molecule has 1 aromatic rings. The van der Waals surface area contributed by atoms with Crippen LogP contribution in [0.1, 0.15) is 0 Å². The Balaban J connectivity index is 0. The van der Waals surface area contributed by atoms with Gasteiger partial charge in [-0.05, 0) is 0 Å². The van der Waals surface area contributed by atoms with Crippen molar-refractivity contribution in [2.45, 2.75) is 0 Å². The minimum Gasteiger partial charge on any atom is -0.483 e. The number of carbonyl (C=O) groups is 1. The van der Waals surface area contributed by atoms with Crippen LogP contribution in [0, 0.1) is 0 Å². The average molecular weight is 142 g/mol. The van der Waals surface area contributed by atoms with Crippen molar-refractivity contribution in [3.8, 4) is 0 Å². The molecule has 0 saturated heterocycles. The van der Waals surface area contributed by atoms with E-state index in [-0.39, 0.29) is 11.9 Å². The number of carboxylic acid groups (broad SMARTS) is 1. The van der Waals surface area contributed by atoms with Crippen LogP contribution in [-0.4, -0.2) is 17.1 Å². The minimum absolute atomic E-state index is 0. The van der Waals surface area contributed by atoms with Gasteiger partial charge >= 0.3 is 0 Å². The van der Waals surface area contributed by atoms with E-state index in [1.54, 1.807) is 0 Å². The Kier molecular flexibility index (Phi) is 12.1. The Morgan fingerprint density at radius 1 is 0.900 bits per heavy atom. The van der Waals surface area contributed by atoms with E-state index in [0.29, 0.717) is 0 Å². The lowest BCUT2D eigenvalue weighted by molar-refractivity contribution is -0.122. The van der Waals surface area contributed by atoms with Gasteiger partial charge in [0.1, 0.15) is 0 Å². The van der Waals surface area contributed by atoms with Crippen molar-refractivity contribution in [2.24, 2.45) is 0 Å². The number of benzene rings is 1. The number of hydrogen-bond acceptors (Lipinski definition) is 1. The quantitative estimate of drug-likeness (QED) is 0.538. The molecule has 0 spiro atoms. The molecule has 0 aromatic heterocycles. The van der Waals surface area contributed by atoms with Crippen molar-refractivity contribution in [1.29, 1.82) is 0 Å². The lowest BCUT2D eigenvalue weighted by atomic mass is 10.4. The highest BCUT2D eigenvalue weighted by molar-refractivity contribution is 5.32. The molecule has 0 aliphatic heterocycles. The van der Waals surface area contributed by atoms with Crippen molar-refractivity contribution in [2.75, 3.05) is 0 Å². The molecule has 0 heterocycles. The topological polar surface area (TPSA) is 68.8 Å². The second-order valence-electron chi connectivity index (χ2n) is 1.26. The van der Waals surface area contributed by atoms with Crippen LogP contribution in [0.5, 0.6) is 0 Å². The van der Waals surface area contributed by atoms with E-state index in [9.17, 15) is 0 Å². The zero-order chi connectivity index (χ0) is 6.95. The molecule has 3 heteroatoms. The van der Waals surface area contributed by atoms with Gasteiger partial charge in [0.05, 0.1) is 0 Å². The van der Waals surface area contributed by atoms with Crippen LogP contribution in [-0.2, 0) is 4.79 Å². The van der Waals surface area contributed by atoms with Crippen molar-refractivity contribution in [1.82, 2.24) is 0 Å². The first-order valence-corrected chi connectivity index (χ1v) is 2.49. The average Bonchev–Trinajstić information content (AvgIpc) is 1.93. The summed E-state index contributed by atoms with van der Waals surface area (Å²) < 4.78 is 0. The summed E-state index contributed by atoms with van der Waals surface area (Å²) in [5.74, 6) is 0. The van der Waals surface area contributed by atoms with E-state index < -0.39 is 0 Å². The molecule has 3 nitrogen and oxygen atoms in total. The fourth-order valence-corrected chi connectivity index (χ4v) is 0.385. The molecule has 0 radical (unpaired) electrons. The summed E-state index contributed by atoms with van der Waals surface area (Å²) in [6.45, 7) is -0.250. The lowest BCUT2D eigenvalue weighted by Crippen LogP contribution is -1.49. The molecule has 0 bridgehead atoms. The zero-order valence-electron chi connectivity index (χ0n) is 5.40. The van der Waals surface area contributed by atoms with Crippen LogP contribution >= 0.6 is 0 Å². The Labute approximate surface area is 59.2 Å². The molecule has 0 fully saturated rings. The van der Waals surface area contributed by atoms with Gasteiger partial charge in [0, 0.05) is 0 Å². The predicted octanol–water partition coefficient (Wildman–Crippen LogP) is 0.563. The molecule has 0 unspecified atom stereocenters. The van der Waals surface area contributed by atoms with Crippen molar-refractivity contribution in [3.63, 3.8) is 0 Å². The van der Waals surface area contributed by atoms with E-state index >= 15 is 0 Å². The third-order valence-corrected chi connectivity index (χ3v) is 0.667. The normalized spacial score (nSPS) is 6.00. The fourth-order valence-electron chi connectivity index (χ4n) is 0.385. The molecular weight excluding hydrogens is 132 g/mol. The van der Waals surface area contributed by atoms with Gasteiger partial charge in [-0.1, -0.05) is 36.4 Å². The van der Waals surface area contributed by atoms with E-state index in [2.05, 4.69) is 0 Å². The largest absolute Gasteiger partial charge is 0.483 e. The Bertz CT molecular complexity index is 112. The molecule has 1 aromatic carbocycles. The maximum Gasteiger partial charge on any atom is 0.290 e. The van der Waals surface area contributed by atoms with Crippen molar-refractivity contribution < 1.29 is 15.4 Å². The van der Waals surface area contributed by atoms with Crippen LogP contribution in [0.4, 0.5) is 0 Å². The maximum absolute atomic E-state index is 8.36. The smallest absolute Gasteiger partial charge is 0.290 e. The summed E-state index contributed by atoms with van der Waals surface area (Å²) in [6, 6.07) is 12.0. The molecule has 56 valence electrons. The molecule has 3 N–H and O–H groups in total. The van der Waals surface area contributed by atoms with E-state index in [4.69, 9.17) is 9.90 Å². The molecular formula is C7H10O3. The highest BCUT2D eigenvalue weighted by Crippen LogP contribution is 1.79. The minimum atomic E-state index is -0.250. The molecule has 0 aliphatic rings. The first-order valence-electron chi connectivity index (χ1n) is 2.49. The van der Waals surface area contributed by atoms with Gasteiger partial charge in [-0.15, -0.1) is 0 Å². The second-order valence-corrected chi connectivity index (χ2v) is 1.26. The highest BCUT2D eigenvalue weighted by atomic mass is 16.3. The highest BCUT2D eigenvalue weighted by Gasteiger charge is 1.57. The fraction of sp³-hybridized carbons (Fsp3) is 0. The summed E-state index contributed by atoms with van der Waals surface area (Å²) in [4.78, 5) is 8.36. The Morgan fingerprint density at radius 2 is 1.00 bits per heavy atom. The molecule has 0 aliphatic carbocycles. The Morgan fingerprint density at radius 3 is 1.10 bits per heavy atom. The summed E-state index contributed by atoms with van der Waals surface area (Å²) in [7, 11) is 0. The molecule has 10 heavy (non-hydrogen) atoms. The molecule has 0 saturated carbocycles. The maximum atomic E-state index is 8.36. The first-order chi connectivity index (χ1) is 4.41. The predicted molar refractivity (Wildman–Crippen MR) is 38.7 cm³/mol. The van der Waals surface area contributed by atoms with Gasteiger partial charge in [-0.2, -0.15) is 0 Å². The van der Waals surface area contributed by atoms with E-state index in [1.165, 1.54) is 0 Å². The molecule has 0 amide bonds. The van der Waals surface area contributed by atoms with Crippen LogP contribution < -0.4 is 0 Å². The van der Waals surface area contributed by atoms with Crippen LogP contribution in [0.15, 0.2) is 36.4 Å². The monoisotopic (exact) mass is 142 g/mol. The lowest BCUT2D eigenvalue weighted by Gasteiger charge is -1.69. The van der Waals surface area contributed by atoms with Crippen LogP contribution in [0.2, 0.25) is 0 Å². The first kappa shape index (κ1) is 11.4. The van der Waals surface area contributed by atoms with Crippen molar-refractivity contribution >= 4 is 6.47 Å². The van der Waals surface area contributed by atoms with Gasteiger partial charge in [-0.3, -0.25) is 4.79 Å². The van der Waals surface area contributed by atoms with E-state index in [0.717, 1.165) is 0 Å².